The van der Waals surface area contributed by atoms with E-state index in [2.05, 4.69) is 15.4 Å². The van der Waals surface area contributed by atoms with Crippen LogP contribution >= 0.6 is 0 Å². The van der Waals surface area contributed by atoms with Gasteiger partial charge in [-0.15, -0.1) is 0 Å². The summed E-state index contributed by atoms with van der Waals surface area (Å²) in [6, 6.07) is 10.1. The van der Waals surface area contributed by atoms with Crippen LogP contribution in [0.4, 0.5) is 4.39 Å². The van der Waals surface area contributed by atoms with Crippen molar-refractivity contribution >= 4 is 0 Å². The Bertz CT molecular complexity index is 804. The minimum atomic E-state index is -0.896. The topological polar surface area (TPSA) is 63.0 Å². The monoisotopic (exact) mass is 326 g/mol. The predicted molar refractivity (Wildman–Crippen MR) is 89.5 cm³/mol. The van der Waals surface area contributed by atoms with Gasteiger partial charge in [-0.1, -0.05) is 18.2 Å². The van der Waals surface area contributed by atoms with E-state index in [1.807, 2.05) is 25.4 Å². The Hall–Kier alpha value is -2.57. The highest BCUT2D eigenvalue weighted by atomic mass is 19.1. The number of nitrogens with zero attached hydrogens (tertiary/aromatic N) is 3. The lowest BCUT2D eigenvalue weighted by Crippen LogP contribution is -2.21. The molecule has 1 aromatic carbocycles. The van der Waals surface area contributed by atoms with Crippen molar-refractivity contribution < 1.29 is 9.50 Å². The molecule has 24 heavy (non-hydrogen) atoms. The minimum Gasteiger partial charge on any atom is -0.387 e. The van der Waals surface area contributed by atoms with Crippen molar-refractivity contribution in [3.05, 3.63) is 71.9 Å². The van der Waals surface area contributed by atoms with E-state index >= 15 is 0 Å². The van der Waals surface area contributed by atoms with Crippen LogP contribution in [0.25, 0.3) is 11.3 Å². The van der Waals surface area contributed by atoms with Gasteiger partial charge < -0.3 is 10.4 Å². The summed E-state index contributed by atoms with van der Waals surface area (Å²) in [7, 11) is 1.86. The van der Waals surface area contributed by atoms with Gasteiger partial charge in [0.15, 0.2) is 0 Å². The lowest BCUT2D eigenvalue weighted by atomic mass is 10.1. The molecule has 3 aromatic rings. The second-order valence-corrected chi connectivity index (χ2v) is 5.58. The number of benzene rings is 1. The summed E-state index contributed by atoms with van der Waals surface area (Å²) in [5.74, 6) is -0.398. The van der Waals surface area contributed by atoms with Gasteiger partial charge in [-0.2, -0.15) is 5.10 Å². The van der Waals surface area contributed by atoms with E-state index in [1.165, 1.54) is 6.07 Å². The third-order valence-electron chi connectivity index (χ3n) is 3.78. The van der Waals surface area contributed by atoms with E-state index in [4.69, 9.17) is 0 Å². The Morgan fingerprint density at radius 2 is 1.96 bits per heavy atom. The number of hydrogen-bond donors (Lipinski definition) is 2. The van der Waals surface area contributed by atoms with Crippen LogP contribution in [-0.2, 0) is 13.6 Å². The van der Waals surface area contributed by atoms with Gasteiger partial charge in [0.1, 0.15) is 5.82 Å². The maximum absolute atomic E-state index is 13.7. The van der Waals surface area contributed by atoms with Crippen LogP contribution in [0.2, 0.25) is 0 Å². The molecule has 1 atom stereocenters. The highest BCUT2D eigenvalue weighted by Crippen LogP contribution is 2.21. The molecule has 0 saturated carbocycles. The van der Waals surface area contributed by atoms with Gasteiger partial charge in [-0.05, 0) is 18.2 Å². The number of aliphatic hydroxyl groups is 1. The highest BCUT2D eigenvalue weighted by molar-refractivity contribution is 5.61. The van der Waals surface area contributed by atoms with Gasteiger partial charge in [0.25, 0.3) is 0 Å². The zero-order chi connectivity index (χ0) is 16.9. The number of pyridine rings is 1. The fourth-order valence-electron chi connectivity index (χ4n) is 2.62. The van der Waals surface area contributed by atoms with Crippen LogP contribution in [0.15, 0.2) is 55.0 Å². The smallest absolute Gasteiger partial charge is 0.129 e. The molecule has 124 valence electrons. The molecule has 2 heterocycles. The third kappa shape index (κ3) is 3.67. The molecule has 0 saturated heterocycles. The Morgan fingerprint density at radius 3 is 2.71 bits per heavy atom. The molecule has 0 aliphatic heterocycles. The largest absolute Gasteiger partial charge is 0.387 e. The Morgan fingerprint density at radius 1 is 1.21 bits per heavy atom. The predicted octanol–water partition coefficient (Wildman–Crippen LogP) is 2.44. The quantitative estimate of drug-likeness (QED) is 0.730. The van der Waals surface area contributed by atoms with E-state index in [1.54, 1.807) is 35.3 Å². The molecule has 3 rings (SSSR count). The molecule has 5 nitrogen and oxygen atoms in total. The van der Waals surface area contributed by atoms with Crippen molar-refractivity contribution in [1.82, 2.24) is 20.1 Å². The average molecular weight is 326 g/mol. The van der Waals surface area contributed by atoms with E-state index < -0.39 is 11.9 Å². The van der Waals surface area contributed by atoms with Crippen LogP contribution < -0.4 is 5.32 Å². The molecular formula is C18H19FN4O. The first kappa shape index (κ1) is 16.3. The number of aromatic nitrogens is 3. The Labute approximate surface area is 139 Å². The Balaban J connectivity index is 1.67. The standard InChI is InChI=1S/C18H19FN4O/c1-23-12-14(18(22-23)13-6-8-20-9-7-13)10-21-11-17(24)15-4-2-3-5-16(15)19/h2-9,12,17,21,24H,10-11H2,1H3/t17-/m0/s1. The number of aryl methyl sites for hydroxylation is 1. The fourth-order valence-corrected chi connectivity index (χ4v) is 2.62. The fraction of sp³-hybridized carbons (Fsp3) is 0.222. The molecule has 0 aliphatic rings. The van der Waals surface area contributed by atoms with Gasteiger partial charge in [0.2, 0.25) is 0 Å². The highest BCUT2D eigenvalue weighted by Gasteiger charge is 2.13. The molecular weight excluding hydrogens is 307 g/mol. The first-order valence-corrected chi connectivity index (χ1v) is 7.71. The summed E-state index contributed by atoms with van der Waals surface area (Å²) in [5, 5.41) is 17.8. The van der Waals surface area contributed by atoms with E-state index in [-0.39, 0.29) is 6.54 Å². The van der Waals surface area contributed by atoms with Gasteiger partial charge in [-0.3, -0.25) is 9.67 Å². The summed E-state index contributed by atoms with van der Waals surface area (Å²) in [6.07, 6.45) is 4.48. The molecule has 0 radical (unpaired) electrons. The molecule has 0 fully saturated rings. The molecule has 0 bridgehead atoms. The molecule has 2 aromatic heterocycles. The van der Waals surface area contributed by atoms with Gasteiger partial charge in [-0.25, -0.2) is 4.39 Å². The average Bonchev–Trinajstić information content (AvgIpc) is 2.97. The van der Waals surface area contributed by atoms with Crippen LogP contribution in [0.1, 0.15) is 17.2 Å². The second-order valence-electron chi connectivity index (χ2n) is 5.58. The molecule has 6 heteroatoms. The zero-order valence-corrected chi connectivity index (χ0v) is 13.4. The first-order chi connectivity index (χ1) is 11.6. The molecule has 0 amide bonds. The minimum absolute atomic E-state index is 0.256. The first-order valence-electron chi connectivity index (χ1n) is 7.71. The molecule has 0 unspecified atom stereocenters. The number of halogens is 1. The normalized spacial score (nSPS) is 12.3. The van der Waals surface area contributed by atoms with Gasteiger partial charge in [0, 0.05) is 55.4 Å². The summed E-state index contributed by atoms with van der Waals surface area (Å²) >= 11 is 0. The van der Waals surface area contributed by atoms with Crippen molar-refractivity contribution in [2.24, 2.45) is 7.05 Å². The van der Waals surface area contributed by atoms with Crippen molar-refractivity contribution in [3.8, 4) is 11.3 Å². The van der Waals surface area contributed by atoms with Crippen molar-refractivity contribution in [3.63, 3.8) is 0 Å². The molecule has 0 aliphatic carbocycles. The summed E-state index contributed by atoms with van der Waals surface area (Å²) < 4.78 is 15.4. The maximum atomic E-state index is 13.7. The maximum Gasteiger partial charge on any atom is 0.129 e. The molecule has 2 N–H and O–H groups in total. The number of rotatable bonds is 6. The lowest BCUT2D eigenvalue weighted by molar-refractivity contribution is 0.169. The third-order valence-corrected chi connectivity index (χ3v) is 3.78. The van der Waals surface area contributed by atoms with Crippen LogP contribution in [0, 0.1) is 5.82 Å². The van der Waals surface area contributed by atoms with Crippen LogP contribution in [-0.4, -0.2) is 26.4 Å². The van der Waals surface area contributed by atoms with Gasteiger partial charge in [0.05, 0.1) is 11.8 Å². The number of nitrogens with one attached hydrogen (secondary N) is 1. The lowest BCUT2D eigenvalue weighted by Gasteiger charge is -2.13. The van der Waals surface area contributed by atoms with Gasteiger partial charge >= 0.3 is 0 Å². The SMILES string of the molecule is Cn1cc(CNC[C@H](O)c2ccccc2F)c(-c2ccncc2)n1. The number of aliphatic hydroxyl groups excluding tert-OH is 1. The summed E-state index contributed by atoms with van der Waals surface area (Å²) in [6.45, 7) is 0.780. The van der Waals surface area contributed by atoms with Crippen molar-refractivity contribution in [2.75, 3.05) is 6.54 Å². The summed E-state index contributed by atoms with van der Waals surface area (Å²) in [4.78, 5) is 4.02. The van der Waals surface area contributed by atoms with Crippen LogP contribution in [0.5, 0.6) is 0 Å². The Kier molecular flexibility index (Phi) is 4.98. The van der Waals surface area contributed by atoms with Crippen molar-refractivity contribution in [1.29, 1.82) is 0 Å². The zero-order valence-electron chi connectivity index (χ0n) is 13.4. The van der Waals surface area contributed by atoms with E-state index in [9.17, 15) is 9.50 Å². The van der Waals surface area contributed by atoms with E-state index in [0.29, 0.717) is 12.1 Å². The number of hydrogen-bond acceptors (Lipinski definition) is 4. The van der Waals surface area contributed by atoms with E-state index in [0.717, 1.165) is 16.8 Å². The molecule has 0 spiro atoms. The van der Waals surface area contributed by atoms with Crippen LogP contribution in [0.3, 0.4) is 0 Å². The van der Waals surface area contributed by atoms with Crippen molar-refractivity contribution in [2.45, 2.75) is 12.6 Å². The second kappa shape index (κ2) is 7.33. The summed E-state index contributed by atoms with van der Waals surface area (Å²) in [5.41, 5.74) is 3.15.